The molecule has 1 aliphatic heterocycles. The average molecular weight is 374 g/mol. The van der Waals surface area contributed by atoms with E-state index in [9.17, 15) is 4.79 Å². The summed E-state index contributed by atoms with van der Waals surface area (Å²) in [6, 6.07) is 7.95. The van der Waals surface area contributed by atoms with E-state index in [1.54, 1.807) is 0 Å². The summed E-state index contributed by atoms with van der Waals surface area (Å²) >= 11 is 1.52. The summed E-state index contributed by atoms with van der Waals surface area (Å²) in [4.78, 5) is 17.1. The van der Waals surface area contributed by atoms with Crippen LogP contribution in [0.1, 0.15) is 49.2 Å². The molecular weight excluding hydrogens is 346 g/mol. The van der Waals surface area contributed by atoms with Crippen LogP contribution in [0.15, 0.2) is 29.4 Å². The number of rotatable bonds is 7. The maximum Gasteiger partial charge on any atom is 0.230 e. The predicted octanol–water partition coefficient (Wildman–Crippen LogP) is 4.03. The van der Waals surface area contributed by atoms with Crippen LogP contribution < -0.4 is 10.1 Å². The van der Waals surface area contributed by atoms with Crippen LogP contribution in [0.4, 0.5) is 0 Å². The third-order valence-corrected chi connectivity index (χ3v) is 5.76. The number of nitrogens with one attached hydrogen (secondary N) is 1. The van der Waals surface area contributed by atoms with Crippen LogP contribution in [0.3, 0.4) is 0 Å². The van der Waals surface area contributed by atoms with Crippen molar-refractivity contribution < 1.29 is 9.53 Å². The first-order valence-electron chi connectivity index (χ1n) is 9.27. The summed E-state index contributed by atoms with van der Waals surface area (Å²) < 4.78 is 7.90. The van der Waals surface area contributed by atoms with Gasteiger partial charge in [0, 0.05) is 24.2 Å². The first kappa shape index (κ1) is 18.8. The van der Waals surface area contributed by atoms with Crippen molar-refractivity contribution in [1.82, 2.24) is 14.9 Å². The standard InChI is InChI=1S/C20H27N3O2S/c1-4-5-11-23-15(3)14(2)21-20(23)26-13-19(24)22-17-10-12-25-18-9-7-6-8-16(17)18/h6-9,17H,4-5,10-13H2,1-3H3,(H,22,24). The normalized spacial score (nSPS) is 16.0. The molecule has 5 nitrogen and oxygen atoms in total. The zero-order valence-electron chi connectivity index (χ0n) is 15.7. The summed E-state index contributed by atoms with van der Waals surface area (Å²) in [7, 11) is 0. The molecule has 0 spiro atoms. The highest BCUT2D eigenvalue weighted by Crippen LogP contribution is 2.31. The second-order valence-corrected chi connectivity index (χ2v) is 7.60. The van der Waals surface area contributed by atoms with Crippen LogP contribution >= 0.6 is 11.8 Å². The Hall–Kier alpha value is -1.95. The van der Waals surface area contributed by atoms with Crippen molar-refractivity contribution in [1.29, 1.82) is 0 Å². The Morgan fingerprint density at radius 1 is 1.38 bits per heavy atom. The van der Waals surface area contributed by atoms with Gasteiger partial charge in [-0.2, -0.15) is 0 Å². The number of ether oxygens (including phenoxy) is 1. The lowest BCUT2D eigenvalue weighted by molar-refractivity contribution is -0.119. The largest absolute Gasteiger partial charge is 0.493 e. The Morgan fingerprint density at radius 3 is 3.00 bits per heavy atom. The van der Waals surface area contributed by atoms with E-state index in [2.05, 4.69) is 28.7 Å². The lowest BCUT2D eigenvalue weighted by atomic mass is 10.0. The van der Waals surface area contributed by atoms with Gasteiger partial charge in [0.1, 0.15) is 5.75 Å². The molecule has 26 heavy (non-hydrogen) atoms. The minimum atomic E-state index is 0.0244. The fraction of sp³-hybridized carbons (Fsp3) is 0.500. The number of carbonyl (C=O) groups is 1. The molecule has 0 bridgehead atoms. The Morgan fingerprint density at radius 2 is 2.19 bits per heavy atom. The molecule has 1 amide bonds. The van der Waals surface area contributed by atoms with E-state index >= 15 is 0 Å². The van der Waals surface area contributed by atoms with E-state index < -0.39 is 0 Å². The fourth-order valence-corrected chi connectivity index (χ4v) is 4.10. The molecule has 2 heterocycles. The molecule has 1 unspecified atom stereocenters. The molecule has 0 aliphatic carbocycles. The molecule has 1 aromatic carbocycles. The predicted molar refractivity (Wildman–Crippen MR) is 105 cm³/mol. The average Bonchev–Trinajstić information content (AvgIpc) is 2.92. The highest BCUT2D eigenvalue weighted by molar-refractivity contribution is 7.99. The van der Waals surface area contributed by atoms with Crippen LogP contribution in [0.25, 0.3) is 0 Å². The summed E-state index contributed by atoms with van der Waals surface area (Å²) in [6.45, 7) is 7.91. The lowest BCUT2D eigenvalue weighted by Crippen LogP contribution is -2.33. The van der Waals surface area contributed by atoms with Gasteiger partial charge in [-0.15, -0.1) is 0 Å². The molecule has 3 rings (SSSR count). The molecule has 6 heteroatoms. The SMILES string of the molecule is CCCCn1c(SCC(=O)NC2CCOc3ccccc32)nc(C)c1C. The minimum Gasteiger partial charge on any atom is -0.493 e. The maximum atomic E-state index is 12.5. The molecule has 1 N–H and O–H groups in total. The first-order chi connectivity index (χ1) is 12.6. The van der Waals surface area contributed by atoms with Crippen LogP contribution in [-0.2, 0) is 11.3 Å². The molecule has 1 atom stereocenters. The van der Waals surface area contributed by atoms with Crippen LogP contribution in [0.5, 0.6) is 5.75 Å². The summed E-state index contributed by atoms with van der Waals surface area (Å²) in [5, 5.41) is 4.09. The smallest absolute Gasteiger partial charge is 0.230 e. The number of thioether (sulfide) groups is 1. The van der Waals surface area contributed by atoms with Gasteiger partial charge in [-0.25, -0.2) is 4.98 Å². The molecule has 0 fully saturated rings. The summed E-state index contributed by atoms with van der Waals surface area (Å²) in [5.74, 6) is 1.29. The number of carbonyl (C=O) groups excluding carboxylic acids is 1. The number of hydrogen-bond acceptors (Lipinski definition) is 4. The maximum absolute atomic E-state index is 12.5. The monoisotopic (exact) mass is 373 g/mol. The van der Waals surface area contributed by atoms with E-state index in [1.807, 2.05) is 31.2 Å². The van der Waals surface area contributed by atoms with Gasteiger partial charge in [0.15, 0.2) is 5.16 Å². The van der Waals surface area contributed by atoms with E-state index in [1.165, 1.54) is 17.5 Å². The molecule has 1 aromatic heterocycles. The number of hydrogen-bond donors (Lipinski definition) is 1. The van der Waals surface area contributed by atoms with Gasteiger partial charge in [0.05, 0.1) is 24.1 Å². The van der Waals surface area contributed by atoms with Gasteiger partial charge in [-0.05, 0) is 26.3 Å². The summed E-state index contributed by atoms with van der Waals surface area (Å²) in [6.07, 6.45) is 3.07. The van der Waals surface area contributed by atoms with Gasteiger partial charge < -0.3 is 14.6 Å². The van der Waals surface area contributed by atoms with Gasteiger partial charge in [-0.1, -0.05) is 43.3 Å². The van der Waals surface area contributed by atoms with Gasteiger partial charge in [0.25, 0.3) is 0 Å². The Labute approximate surface area is 159 Å². The topological polar surface area (TPSA) is 56.2 Å². The molecule has 0 saturated heterocycles. The highest BCUT2D eigenvalue weighted by Gasteiger charge is 2.23. The molecular formula is C20H27N3O2S. The number of benzene rings is 1. The molecule has 0 saturated carbocycles. The number of amides is 1. The number of fused-ring (bicyclic) bond motifs is 1. The van der Waals surface area contributed by atoms with Gasteiger partial charge in [-0.3, -0.25) is 4.79 Å². The van der Waals surface area contributed by atoms with Crippen molar-refractivity contribution >= 4 is 17.7 Å². The first-order valence-corrected chi connectivity index (χ1v) is 10.3. The van der Waals surface area contributed by atoms with E-state index in [0.717, 1.165) is 48.0 Å². The van der Waals surface area contributed by atoms with Crippen LogP contribution in [0, 0.1) is 13.8 Å². The van der Waals surface area contributed by atoms with Crippen molar-refractivity contribution in [2.24, 2.45) is 0 Å². The van der Waals surface area contributed by atoms with E-state index in [-0.39, 0.29) is 11.9 Å². The number of unbranched alkanes of at least 4 members (excludes halogenated alkanes) is 1. The third-order valence-electron chi connectivity index (χ3n) is 4.78. The number of imidazole rings is 1. The highest BCUT2D eigenvalue weighted by atomic mass is 32.2. The number of nitrogens with zero attached hydrogens (tertiary/aromatic N) is 2. The molecule has 0 radical (unpaired) electrons. The number of aryl methyl sites for hydroxylation is 1. The third kappa shape index (κ3) is 4.23. The Balaban J connectivity index is 1.61. The second-order valence-electron chi connectivity index (χ2n) is 6.65. The second kappa shape index (κ2) is 8.62. The summed E-state index contributed by atoms with van der Waals surface area (Å²) in [5.41, 5.74) is 3.30. The number of aromatic nitrogens is 2. The minimum absolute atomic E-state index is 0.0244. The van der Waals surface area contributed by atoms with Crippen molar-refractivity contribution in [2.75, 3.05) is 12.4 Å². The number of para-hydroxylation sites is 1. The van der Waals surface area contributed by atoms with Crippen molar-refractivity contribution in [3.05, 3.63) is 41.2 Å². The van der Waals surface area contributed by atoms with Crippen molar-refractivity contribution in [3.63, 3.8) is 0 Å². The van der Waals surface area contributed by atoms with Crippen LogP contribution in [-0.4, -0.2) is 27.8 Å². The fourth-order valence-electron chi connectivity index (χ4n) is 3.17. The quantitative estimate of drug-likeness (QED) is 0.745. The van der Waals surface area contributed by atoms with E-state index in [4.69, 9.17) is 4.74 Å². The zero-order valence-corrected chi connectivity index (χ0v) is 16.6. The molecule has 1 aliphatic rings. The van der Waals surface area contributed by atoms with Gasteiger partial charge >= 0.3 is 0 Å². The van der Waals surface area contributed by atoms with Crippen LogP contribution in [0.2, 0.25) is 0 Å². The van der Waals surface area contributed by atoms with Gasteiger partial charge in [0.2, 0.25) is 5.91 Å². The zero-order chi connectivity index (χ0) is 18.5. The lowest BCUT2D eigenvalue weighted by Gasteiger charge is -2.26. The molecule has 2 aromatic rings. The van der Waals surface area contributed by atoms with E-state index in [0.29, 0.717) is 12.4 Å². The molecule has 140 valence electrons. The Kier molecular flexibility index (Phi) is 6.25. The Bertz CT molecular complexity index is 772. The van der Waals surface area contributed by atoms with Crippen molar-refractivity contribution in [2.45, 2.75) is 57.8 Å². The van der Waals surface area contributed by atoms with Crippen molar-refractivity contribution in [3.8, 4) is 5.75 Å².